The molecule has 7 heteroatoms. The van der Waals surface area contributed by atoms with E-state index in [0.29, 0.717) is 5.02 Å². The van der Waals surface area contributed by atoms with Gasteiger partial charge in [0, 0.05) is 50.2 Å². The molecule has 0 aliphatic carbocycles. The van der Waals surface area contributed by atoms with Crippen LogP contribution in [0.4, 0.5) is 5.95 Å². The number of amides is 1. The van der Waals surface area contributed by atoms with Crippen molar-refractivity contribution in [1.29, 1.82) is 0 Å². The summed E-state index contributed by atoms with van der Waals surface area (Å²) in [6.45, 7) is 7.48. The van der Waals surface area contributed by atoms with E-state index in [2.05, 4.69) is 26.6 Å². The molecule has 1 aliphatic rings. The van der Waals surface area contributed by atoms with E-state index in [9.17, 15) is 4.79 Å². The van der Waals surface area contributed by atoms with Gasteiger partial charge in [-0.3, -0.25) is 9.36 Å². The third-order valence-corrected chi connectivity index (χ3v) is 4.41. The Morgan fingerprint density at radius 3 is 2.35 bits per heavy atom. The molecule has 3 rings (SSSR count). The van der Waals surface area contributed by atoms with Crippen molar-refractivity contribution in [1.82, 2.24) is 19.7 Å². The Labute approximate surface area is 140 Å². The molecule has 1 aromatic carbocycles. The molecule has 0 bridgehead atoms. The van der Waals surface area contributed by atoms with E-state index in [-0.39, 0.29) is 5.91 Å². The van der Waals surface area contributed by atoms with Gasteiger partial charge < -0.3 is 9.80 Å². The Morgan fingerprint density at radius 2 is 1.78 bits per heavy atom. The number of rotatable bonds is 3. The predicted octanol–water partition coefficient (Wildman–Crippen LogP) is 2.29. The average Bonchev–Trinajstić information content (AvgIpc) is 2.99. The van der Waals surface area contributed by atoms with Crippen LogP contribution in [-0.4, -0.2) is 51.8 Å². The molecule has 1 aromatic heterocycles. The minimum atomic E-state index is 0.128. The maximum absolute atomic E-state index is 11.4. The highest BCUT2D eigenvalue weighted by molar-refractivity contribution is 6.30. The molecule has 1 saturated heterocycles. The van der Waals surface area contributed by atoms with Crippen molar-refractivity contribution in [3.05, 3.63) is 29.3 Å². The van der Waals surface area contributed by atoms with E-state index in [4.69, 9.17) is 11.6 Å². The lowest BCUT2D eigenvalue weighted by molar-refractivity contribution is -0.129. The average molecular weight is 334 g/mol. The molecule has 1 fully saturated rings. The molecule has 0 radical (unpaired) electrons. The second-order valence-electron chi connectivity index (χ2n) is 5.57. The minimum Gasteiger partial charge on any atom is -0.339 e. The first-order chi connectivity index (χ1) is 11.1. The number of aromatic nitrogens is 3. The molecule has 6 nitrogen and oxygen atoms in total. The van der Waals surface area contributed by atoms with Gasteiger partial charge in [0.1, 0.15) is 0 Å². The van der Waals surface area contributed by atoms with Crippen LogP contribution < -0.4 is 4.90 Å². The van der Waals surface area contributed by atoms with E-state index in [1.807, 2.05) is 29.2 Å². The van der Waals surface area contributed by atoms with Gasteiger partial charge in [0.05, 0.1) is 0 Å². The van der Waals surface area contributed by atoms with E-state index < -0.39 is 0 Å². The number of piperazine rings is 1. The molecular weight excluding hydrogens is 314 g/mol. The van der Waals surface area contributed by atoms with Crippen molar-refractivity contribution in [3.63, 3.8) is 0 Å². The second-order valence-corrected chi connectivity index (χ2v) is 6.00. The van der Waals surface area contributed by atoms with Crippen molar-refractivity contribution in [3.8, 4) is 11.4 Å². The van der Waals surface area contributed by atoms with Gasteiger partial charge in [0.2, 0.25) is 11.9 Å². The first-order valence-electron chi connectivity index (χ1n) is 7.79. The maximum Gasteiger partial charge on any atom is 0.227 e. The third-order valence-electron chi connectivity index (χ3n) is 4.16. The highest BCUT2D eigenvalue weighted by Gasteiger charge is 2.23. The van der Waals surface area contributed by atoms with Crippen LogP contribution in [0.3, 0.4) is 0 Å². The molecular formula is C16H20ClN5O. The molecule has 0 N–H and O–H groups in total. The molecule has 0 unspecified atom stereocenters. The number of carbonyl (C=O) groups excluding carboxylic acids is 1. The lowest BCUT2D eigenvalue weighted by Gasteiger charge is -2.34. The number of hydrogen-bond donors (Lipinski definition) is 0. The quantitative estimate of drug-likeness (QED) is 0.864. The SMILES string of the molecule is CCn1c(-c2ccc(Cl)cc2)nnc1N1CCN(C(C)=O)CC1. The van der Waals surface area contributed by atoms with E-state index in [0.717, 1.165) is 50.1 Å². The van der Waals surface area contributed by atoms with Gasteiger partial charge in [-0.1, -0.05) is 11.6 Å². The zero-order valence-corrected chi connectivity index (χ0v) is 14.1. The summed E-state index contributed by atoms with van der Waals surface area (Å²) < 4.78 is 2.10. The van der Waals surface area contributed by atoms with Crippen molar-refractivity contribution in [2.24, 2.45) is 0 Å². The molecule has 23 heavy (non-hydrogen) atoms. The van der Waals surface area contributed by atoms with Crippen LogP contribution in [-0.2, 0) is 11.3 Å². The number of halogens is 1. The Hall–Kier alpha value is -2.08. The summed E-state index contributed by atoms with van der Waals surface area (Å²) in [7, 11) is 0. The largest absolute Gasteiger partial charge is 0.339 e. The highest BCUT2D eigenvalue weighted by atomic mass is 35.5. The van der Waals surface area contributed by atoms with Gasteiger partial charge in [-0.05, 0) is 31.2 Å². The Balaban J connectivity index is 1.84. The summed E-state index contributed by atoms with van der Waals surface area (Å²) in [5, 5.41) is 9.45. The lowest BCUT2D eigenvalue weighted by atomic mass is 10.2. The summed E-state index contributed by atoms with van der Waals surface area (Å²) in [5.74, 6) is 1.83. The molecule has 1 aliphatic heterocycles. The molecule has 2 aromatic rings. The van der Waals surface area contributed by atoms with Gasteiger partial charge in [-0.2, -0.15) is 0 Å². The molecule has 0 saturated carbocycles. The Bertz CT molecular complexity index is 689. The van der Waals surface area contributed by atoms with Crippen LogP contribution in [0.1, 0.15) is 13.8 Å². The summed E-state index contributed by atoms with van der Waals surface area (Å²) in [6.07, 6.45) is 0. The highest BCUT2D eigenvalue weighted by Crippen LogP contribution is 2.24. The van der Waals surface area contributed by atoms with Crippen molar-refractivity contribution in [2.75, 3.05) is 31.1 Å². The normalized spacial score (nSPS) is 15.1. The summed E-state index contributed by atoms with van der Waals surface area (Å²) >= 11 is 5.96. The van der Waals surface area contributed by atoms with Crippen LogP contribution in [0.5, 0.6) is 0 Å². The second kappa shape index (κ2) is 6.58. The summed E-state index contributed by atoms with van der Waals surface area (Å²) in [6, 6.07) is 7.62. The summed E-state index contributed by atoms with van der Waals surface area (Å²) in [4.78, 5) is 15.5. The van der Waals surface area contributed by atoms with Gasteiger partial charge in [-0.15, -0.1) is 10.2 Å². The summed E-state index contributed by atoms with van der Waals surface area (Å²) in [5.41, 5.74) is 0.998. The van der Waals surface area contributed by atoms with E-state index in [1.54, 1.807) is 6.92 Å². The van der Waals surface area contributed by atoms with Gasteiger partial charge in [0.25, 0.3) is 0 Å². The third kappa shape index (κ3) is 3.17. The first-order valence-corrected chi connectivity index (χ1v) is 8.17. The standard InChI is InChI=1S/C16H20ClN5O/c1-3-22-15(13-4-6-14(17)7-5-13)18-19-16(22)21-10-8-20(9-11-21)12(2)23/h4-7H,3,8-11H2,1-2H3. The topological polar surface area (TPSA) is 54.3 Å². The fourth-order valence-electron chi connectivity index (χ4n) is 2.85. The van der Waals surface area contributed by atoms with Crippen molar-refractivity contribution in [2.45, 2.75) is 20.4 Å². The number of benzene rings is 1. The van der Waals surface area contributed by atoms with E-state index in [1.165, 1.54) is 0 Å². The Kier molecular flexibility index (Phi) is 4.52. The van der Waals surface area contributed by atoms with Crippen LogP contribution >= 0.6 is 11.6 Å². The number of hydrogen-bond acceptors (Lipinski definition) is 4. The number of carbonyl (C=O) groups is 1. The van der Waals surface area contributed by atoms with Gasteiger partial charge >= 0.3 is 0 Å². The van der Waals surface area contributed by atoms with Crippen LogP contribution in [0.2, 0.25) is 5.02 Å². The number of nitrogens with zero attached hydrogens (tertiary/aromatic N) is 5. The van der Waals surface area contributed by atoms with Crippen LogP contribution in [0.25, 0.3) is 11.4 Å². The predicted molar refractivity (Wildman–Crippen MR) is 90.6 cm³/mol. The van der Waals surface area contributed by atoms with Crippen LogP contribution in [0, 0.1) is 0 Å². The molecule has 1 amide bonds. The minimum absolute atomic E-state index is 0.128. The number of anilines is 1. The lowest BCUT2D eigenvalue weighted by Crippen LogP contribution is -2.48. The Morgan fingerprint density at radius 1 is 1.13 bits per heavy atom. The zero-order valence-electron chi connectivity index (χ0n) is 13.4. The maximum atomic E-state index is 11.4. The van der Waals surface area contributed by atoms with Crippen molar-refractivity contribution < 1.29 is 4.79 Å². The fourth-order valence-corrected chi connectivity index (χ4v) is 2.98. The van der Waals surface area contributed by atoms with Gasteiger partial charge in [-0.25, -0.2) is 0 Å². The van der Waals surface area contributed by atoms with Crippen molar-refractivity contribution >= 4 is 23.5 Å². The monoisotopic (exact) mass is 333 g/mol. The fraction of sp³-hybridized carbons (Fsp3) is 0.438. The van der Waals surface area contributed by atoms with Gasteiger partial charge in [0.15, 0.2) is 5.82 Å². The van der Waals surface area contributed by atoms with E-state index >= 15 is 0 Å². The molecule has 122 valence electrons. The molecule has 0 atom stereocenters. The first kappa shape index (κ1) is 15.8. The zero-order chi connectivity index (χ0) is 16.4. The molecule has 2 heterocycles. The molecule has 0 spiro atoms. The smallest absolute Gasteiger partial charge is 0.227 e. The van der Waals surface area contributed by atoms with Crippen LogP contribution in [0.15, 0.2) is 24.3 Å².